The lowest BCUT2D eigenvalue weighted by molar-refractivity contribution is 0.397. The van der Waals surface area contributed by atoms with E-state index in [9.17, 15) is 8.42 Å². The van der Waals surface area contributed by atoms with Crippen LogP contribution in [-0.4, -0.2) is 72.6 Å². The molecule has 0 saturated heterocycles. The van der Waals surface area contributed by atoms with Crippen molar-refractivity contribution in [2.75, 3.05) is 54.4 Å². The van der Waals surface area contributed by atoms with Gasteiger partial charge in [-0.1, -0.05) is 0 Å². The Kier molecular flexibility index (Phi) is 8.71. The minimum absolute atomic E-state index is 0.473. The van der Waals surface area contributed by atoms with Gasteiger partial charge in [0.15, 0.2) is 0 Å². The number of hydrogen-bond acceptors (Lipinski definition) is 4. The van der Waals surface area contributed by atoms with Crippen molar-refractivity contribution in [3.05, 3.63) is 0 Å². The van der Waals surface area contributed by atoms with Crippen LogP contribution in [0.3, 0.4) is 0 Å². The van der Waals surface area contributed by atoms with Gasteiger partial charge in [0.25, 0.3) is 10.2 Å². The van der Waals surface area contributed by atoms with Crippen LogP contribution in [0.2, 0.25) is 0 Å². The van der Waals surface area contributed by atoms with Crippen LogP contribution in [-0.2, 0) is 10.2 Å². The maximum atomic E-state index is 11.5. The van der Waals surface area contributed by atoms with Crippen molar-refractivity contribution in [2.24, 2.45) is 0 Å². The third-order valence-corrected chi connectivity index (χ3v) is 3.32. The van der Waals surface area contributed by atoms with Crippen molar-refractivity contribution in [2.45, 2.75) is 12.8 Å². The van der Waals surface area contributed by atoms with Gasteiger partial charge in [-0.3, -0.25) is 0 Å². The van der Waals surface area contributed by atoms with E-state index in [1.807, 2.05) is 38.0 Å². The Balaban J connectivity index is 3.59. The smallest absolute Gasteiger partial charge is 0.276 e. The first-order valence-electron chi connectivity index (χ1n) is 5.87. The van der Waals surface area contributed by atoms with E-state index in [4.69, 9.17) is 0 Å². The van der Waals surface area contributed by atoms with Crippen molar-refractivity contribution >= 4 is 10.2 Å². The molecular formula is C10H26N4O2S. The maximum absolute atomic E-state index is 11.5. The van der Waals surface area contributed by atoms with Crippen LogP contribution < -0.4 is 9.44 Å². The second-order valence-corrected chi connectivity index (χ2v) is 6.19. The topological polar surface area (TPSA) is 64.7 Å². The van der Waals surface area contributed by atoms with Crippen molar-refractivity contribution in [3.63, 3.8) is 0 Å². The van der Waals surface area contributed by atoms with Crippen LogP contribution in [0.4, 0.5) is 0 Å². The second-order valence-electron chi connectivity index (χ2n) is 4.61. The van der Waals surface area contributed by atoms with Crippen LogP contribution in [0.1, 0.15) is 12.8 Å². The second kappa shape index (κ2) is 8.82. The van der Waals surface area contributed by atoms with Gasteiger partial charge < -0.3 is 9.80 Å². The highest BCUT2D eigenvalue weighted by Gasteiger charge is 2.07. The van der Waals surface area contributed by atoms with E-state index < -0.39 is 10.2 Å². The molecule has 0 aliphatic heterocycles. The summed E-state index contributed by atoms with van der Waals surface area (Å²) >= 11 is 0. The lowest BCUT2D eigenvalue weighted by Crippen LogP contribution is -2.38. The fourth-order valence-corrected chi connectivity index (χ4v) is 2.18. The van der Waals surface area contributed by atoms with Crippen LogP contribution in [0.25, 0.3) is 0 Å². The first kappa shape index (κ1) is 16.8. The van der Waals surface area contributed by atoms with Gasteiger partial charge in [-0.25, -0.2) is 9.44 Å². The molecule has 0 fully saturated rings. The van der Waals surface area contributed by atoms with Gasteiger partial charge >= 0.3 is 0 Å². The number of hydrogen-bond donors (Lipinski definition) is 2. The lowest BCUT2D eigenvalue weighted by Gasteiger charge is -2.12. The van der Waals surface area contributed by atoms with Gasteiger partial charge in [-0.05, 0) is 54.1 Å². The van der Waals surface area contributed by atoms with E-state index in [1.54, 1.807) is 0 Å². The molecule has 17 heavy (non-hydrogen) atoms. The molecule has 0 rings (SSSR count). The van der Waals surface area contributed by atoms with Gasteiger partial charge in [-0.2, -0.15) is 8.42 Å². The molecule has 0 unspecified atom stereocenters. The summed E-state index contributed by atoms with van der Waals surface area (Å²) in [6.07, 6.45) is 1.62. The molecule has 0 aromatic heterocycles. The summed E-state index contributed by atoms with van der Waals surface area (Å²) in [5.74, 6) is 0. The molecule has 6 nitrogen and oxygen atoms in total. The predicted molar refractivity (Wildman–Crippen MR) is 71.3 cm³/mol. The fourth-order valence-electron chi connectivity index (χ4n) is 1.25. The zero-order valence-corrected chi connectivity index (χ0v) is 12.2. The normalized spacial score (nSPS) is 12.6. The summed E-state index contributed by atoms with van der Waals surface area (Å²) in [6, 6.07) is 0. The third-order valence-electron chi connectivity index (χ3n) is 2.15. The molecule has 0 saturated carbocycles. The Morgan fingerprint density at radius 2 is 1.18 bits per heavy atom. The highest BCUT2D eigenvalue weighted by atomic mass is 32.2. The first-order chi connectivity index (χ1) is 7.83. The summed E-state index contributed by atoms with van der Waals surface area (Å²) in [7, 11) is 4.55. The molecule has 0 aromatic rings. The molecule has 0 amide bonds. The zero-order chi connectivity index (χ0) is 13.3. The molecular weight excluding hydrogens is 240 g/mol. The van der Waals surface area contributed by atoms with Gasteiger partial charge in [-0.15, -0.1) is 0 Å². The zero-order valence-electron chi connectivity index (χ0n) is 11.4. The van der Waals surface area contributed by atoms with Gasteiger partial charge in [0.05, 0.1) is 0 Å². The molecule has 0 heterocycles. The van der Waals surface area contributed by atoms with E-state index in [0.717, 1.165) is 25.9 Å². The molecule has 0 bridgehead atoms. The molecule has 0 aliphatic rings. The summed E-state index contributed by atoms with van der Waals surface area (Å²) < 4.78 is 28.0. The average Bonchev–Trinajstić information content (AvgIpc) is 2.19. The van der Waals surface area contributed by atoms with E-state index in [2.05, 4.69) is 9.44 Å². The number of nitrogens with one attached hydrogen (secondary N) is 2. The first-order valence-corrected chi connectivity index (χ1v) is 7.35. The Labute approximate surface area is 106 Å². The van der Waals surface area contributed by atoms with Crippen molar-refractivity contribution in [1.82, 2.24) is 19.2 Å². The van der Waals surface area contributed by atoms with E-state index in [-0.39, 0.29) is 0 Å². The number of nitrogens with zero attached hydrogens (tertiary/aromatic N) is 2. The SMILES string of the molecule is CN(C)CCCNS(=O)(=O)NCCCN(C)C. The summed E-state index contributed by atoms with van der Waals surface area (Å²) in [5.41, 5.74) is 0. The minimum atomic E-state index is -3.31. The van der Waals surface area contributed by atoms with Crippen LogP contribution in [0.5, 0.6) is 0 Å². The van der Waals surface area contributed by atoms with Crippen LogP contribution >= 0.6 is 0 Å². The average molecular weight is 266 g/mol. The Morgan fingerprint density at radius 3 is 1.47 bits per heavy atom. The van der Waals surface area contributed by atoms with Gasteiger partial charge in [0.2, 0.25) is 0 Å². The third kappa shape index (κ3) is 12.0. The summed E-state index contributed by atoms with van der Waals surface area (Å²) in [5, 5.41) is 0. The monoisotopic (exact) mass is 266 g/mol. The van der Waals surface area contributed by atoms with Crippen LogP contribution in [0, 0.1) is 0 Å². The molecule has 0 atom stereocenters. The highest BCUT2D eigenvalue weighted by molar-refractivity contribution is 7.87. The van der Waals surface area contributed by atoms with E-state index >= 15 is 0 Å². The van der Waals surface area contributed by atoms with Crippen molar-refractivity contribution in [3.8, 4) is 0 Å². The van der Waals surface area contributed by atoms with Crippen LogP contribution in [0.15, 0.2) is 0 Å². The quantitative estimate of drug-likeness (QED) is 0.514. The Hall–Kier alpha value is -0.210. The number of rotatable bonds is 10. The molecule has 0 aromatic carbocycles. The Morgan fingerprint density at radius 1 is 0.824 bits per heavy atom. The van der Waals surface area contributed by atoms with Crippen molar-refractivity contribution < 1.29 is 8.42 Å². The Bertz CT molecular complexity index is 256. The molecule has 0 aliphatic carbocycles. The fraction of sp³-hybridized carbons (Fsp3) is 1.00. The van der Waals surface area contributed by atoms with E-state index in [0.29, 0.717) is 13.1 Å². The molecule has 104 valence electrons. The van der Waals surface area contributed by atoms with E-state index in [1.165, 1.54) is 0 Å². The maximum Gasteiger partial charge on any atom is 0.276 e. The molecule has 2 N–H and O–H groups in total. The summed E-state index contributed by atoms with van der Waals surface area (Å²) in [6.45, 7) is 2.70. The largest absolute Gasteiger partial charge is 0.309 e. The predicted octanol–water partition coefficient (Wildman–Crippen LogP) is -0.686. The van der Waals surface area contributed by atoms with Gasteiger partial charge in [0, 0.05) is 13.1 Å². The highest BCUT2D eigenvalue weighted by Crippen LogP contribution is 1.86. The lowest BCUT2D eigenvalue weighted by atomic mass is 10.4. The van der Waals surface area contributed by atoms with Gasteiger partial charge in [0.1, 0.15) is 0 Å². The molecule has 7 heteroatoms. The van der Waals surface area contributed by atoms with Crippen molar-refractivity contribution in [1.29, 1.82) is 0 Å². The molecule has 0 radical (unpaired) electrons. The summed E-state index contributed by atoms with van der Waals surface area (Å²) in [4.78, 5) is 4.05. The molecule has 0 spiro atoms. The minimum Gasteiger partial charge on any atom is -0.309 e. The standard InChI is InChI=1S/C10H26N4O2S/c1-13(2)9-5-7-11-17(15,16)12-8-6-10-14(3)4/h11-12H,5-10H2,1-4H3.